The summed E-state index contributed by atoms with van der Waals surface area (Å²) in [4.78, 5) is 14.8. The highest BCUT2D eigenvalue weighted by Gasteiger charge is 2.65. The molecule has 1 aliphatic heterocycles. The van der Waals surface area contributed by atoms with Gasteiger partial charge in [0.25, 0.3) is 0 Å². The number of hydrogen-bond donors (Lipinski definition) is 0. The Morgan fingerprint density at radius 1 is 1.04 bits per heavy atom. The standard InChI is InChI=1S/C20H35NOSi/c1-14(2)23(15(3)4,16(5)6)13-12-21-18(22)17-10-11-20(21,9)19(17,7)8/h14-17H,10-11H2,1-9H3/t17-,20-/m1/s1. The predicted molar refractivity (Wildman–Crippen MR) is 101 cm³/mol. The van der Waals surface area contributed by atoms with Crippen LogP contribution in [0.2, 0.25) is 16.6 Å². The molecule has 1 saturated carbocycles. The molecule has 1 saturated heterocycles. The highest BCUT2D eigenvalue weighted by Crippen LogP contribution is 2.59. The molecular formula is C20H35NOSi. The molecule has 130 valence electrons. The van der Waals surface area contributed by atoms with E-state index < -0.39 is 8.07 Å². The summed E-state index contributed by atoms with van der Waals surface area (Å²) in [6, 6.07) is 3.44. The second-order valence-corrected chi connectivity index (χ2v) is 15.0. The first kappa shape index (κ1) is 18.6. The Bertz CT molecular complexity index is 530. The van der Waals surface area contributed by atoms with Gasteiger partial charge in [-0.2, -0.15) is 0 Å². The normalized spacial score (nSPS) is 29.7. The second-order valence-electron chi connectivity index (χ2n) is 9.39. The minimum atomic E-state index is -1.79. The molecule has 0 radical (unpaired) electrons. The number of amides is 1. The number of rotatable bonds is 3. The minimum Gasteiger partial charge on any atom is -0.273 e. The summed E-state index contributed by atoms with van der Waals surface area (Å²) in [6.07, 6.45) is 2.12. The summed E-state index contributed by atoms with van der Waals surface area (Å²) >= 11 is 0. The summed E-state index contributed by atoms with van der Waals surface area (Å²) < 4.78 is 0. The number of piperidine rings is 1. The molecule has 0 spiro atoms. The third-order valence-corrected chi connectivity index (χ3v) is 13.7. The van der Waals surface area contributed by atoms with E-state index in [0.29, 0.717) is 16.6 Å². The largest absolute Gasteiger partial charge is 0.273 e. The number of fused-ring (bicyclic) bond motifs is 2. The molecule has 2 bridgehead atoms. The summed E-state index contributed by atoms with van der Waals surface area (Å²) in [7, 11) is -1.79. The summed E-state index contributed by atoms with van der Waals surface area (Å²) in [6.45, 7) is 20.7. The maximum atomic E-state index is 12.9. The Balaban J connectivity index is 2.47. The average Bonchev–Trinajstić information content (AvgIpc) is 2.70. The molecule has 23 heavy (non-hydrogen) atoms. The first-order valence-electron chi connectivity index (χ1n) is 9.29. The van der Waals surface area contributed by atoms with Crippen molar-refractivity contribution in [2.45, 2.75) is 97.3 Å². The smallest absolute Gasteiger partial charge is 0.238 e. The van der Waals surface area contributed by atoms with E-state index in [0.717, 1.165) is 12.8 Å². The van der Waals surface area contributed by atoms with Crippen LogP contribution in [-0.4, -0.2) is 24.4 Å². The predicted octanol–water partition coefficient (Wildman–Crippen LogP) is 5.20. The van der Waals surface area contributed by atoms with Crippen LogP contribution in [-0.2, 0) is 4.79 Å². The van der Waals surface area contributed by atoms with E-state index in [1.54, 1.807) is 0 Å². The SMILES string of the molecule is CC(C)[Si](C#CN1C(=O)[C@H]2CC[C@]1(C)C2(C)C)(C(C)C)C(C)C. The van der Waals surface area contributed by atoms with Gasteiger partial charge in [-0.05, 0) is 36.4 Å². The minimum absolute atomic E-state index is 0.0382. The van der Waals surface area contributed by atoms with E-state index in [-0.39, 0.29) is 22.8 Å². The Morgan fingerprint density at radius 2 is 1.52 bits per heavy atom. The number of carbonyl (C=O) groups excluding carboxylic acids is 1. The fraction of sp³-hybridized carbons (Fsp3) is 0.850. The zero-order chi connectivity index (χ0) is 17.8. The zero-order valence-electron chi connectivity index (χ0n) is 16.6. The summed E-state index contributed by atoms with van der Waals surface area (Å²) in [5.41, 5.74) is 5.50. The lowest BCUT2D eigenvalue weighted by atomic mass is 9.75. The molecule has 2 nitrogen and oxygen atoms in total. The van der Waals surface area contributed by atoms with Gasteiger partial charge in [-0.3, -0.25) is 9.69 Å². The number of nitrogens with zero attached hydrogens (tertiary/aromatic N) is 1. The van der Waals surface area contributed by atoms with Crippen LogP contribution in [0.4, 0.5) is 0 Å². The van der Waals surface area contributed by atoms with Crippen molar-refractivity contribution >= 4 is 14.0 Å². The van der Waals surface area contributed by atoms with Gasteiger partial charge in [-0.1, -0.05) is 55.4 Å². The molecule has 1 heterocycles. The average molecular weight is 334 g/mol. The third-order valence-electron chi connectivity index (χ3n) is 7.44. The van der Waals surface area contributed by atoms with Crippen molar-refractivity contribution in [3.05, 3.63) is 0 Å². The van der Waals surface area contributed by atoms with Gasteiger partial charge in [0.1, 0.15) is 8.07 Å². The second kappa shape index (κ2) is 5.65. The molecule has 0 aromatic carbocycles. The first-order valence-corrected chi connectivity index (χ1v) is 11.5. The fourth-order valence-electron chi connectivity index (χ4n) is 5.48. The Hall–Kier alpha value is -0.753. The quantitative estimate of drug-likeness (QED) is 0.513. The molecule has 2 atom stereocenters. The van der Waals surface area contributed by atoms with Crippen LogP contribution < -0.4 is 0 Å². The molecular weight excluding hydrogens is 298 g/mol. The highest BCUT2D eigenvalue weighted by molar-refractivity contribution is 6.90. The van der Waals surface area contributed by atoms with Gasteiger partial charge in [0, 0.05) is 17.4 Å². The van der Waals surface area contributed by atoms with E-state index in [1.165, 1.54) is 0 Å². The van der Waals surface area contributed by atoms with Crippen molar-refractivity contribution in [1.29, 1.82) is 0 Å². The van der Waals surface area contributed by atoms with Gasteiger partial charge in [0.2, 0.25) is 5.91 Å². The molecule has 3 heteroatoms. The van der Waals surface area contributed by atoms with Crippen molar-refractivity contribution in [3.8, 4) is 11.6 Å². The van der Waals surface area contributed by atoms with E-state index in [4.69, 9.17) is 0 Å². The lowest BCUT2D eigenvalue weighted by Crippen LogP contribution is -2.48. The number of hydrogen-bond acceptors (Lipinski definition) is 1. The fourth-order valence-corrected chi connectivity index (χ4v) is 10.7. The summed E-state index contributed by atoms with van der Waals surface area (Å²) in [5.74, 6) is 0.436. The zero-order valence-corrected chi connectivity index (χ0v) is 17.6. The number of likely N-dealkylation sites (tertiary alicyclic amines) is 1. The third kappa shape index (κ3) is 2.32. The van der Waals surface area contributed by atoms with E-state index in [1.807, 2.05) is 4.90 Å². The van der Waals surface area contributed by atoms with E-state index in [9.17, 15) is 4.79 Å². The molecule has 0 aromatic rings. The van der Waals surface area contributed by atoms with Crippen molar-refractivity contribution in [1.82, 2.24) is 4.90 Å². The molecule has 1 aliphatic carbocycles. The van der Waals surface area contributed by atoms with Crippen LogP contribution in [0.5, 0.6) is 0 Å². The summed E-state index contributed by atoms with van der Waals surface area (Å²) in [5, 5.41) is 0. The topological polar surface area (TPSA) is 20.3 Å². The monoisotopic (exact) mass is 333 g/mol. The maximum Gasteiger partial charge on any atom is 0.238 e. The van der Waals surface area contributed by atoms with Gasteiger partial charge in [-0.25, -0.2) is 0 Å². The lowest BCUT2D eigenvalue weighted by Gasteiger charge is -2.40. The molecule has 1 amide bonds. The van der Waals surface area contributed by atoms with Gasteiger partial charge >= 0.3 is 0 Å². The van der Waals surface area contributed by atoms with Crippen molar-refractivity contribution < 1.29 is 4.79 Å². The van der Waals surface area contributed by atoms with Crippen LogP contribution >= 0.6 is 0 Å². The van der Waals surface area contributed by atoms with Crippen LogP contribution in [0.15, 0.2) is 0 Å². The van der Waals surface area contributed by atoms with Crippen molar-refractivity contribution in [2.24, 2.45) is 11.3 Å². The van der Waals surface area contributed by atoms with E-state index in [2.05, 4.69) is 73.9 Å². The molecule has 2 rings (SSSR count). The van der Waals surface area contributed by atoms with E-state index >= 15 is 0 Å². The Labute approximate surface area is 144 Å². The Morgan fingerprint density at radius 3 is 1.87 bits per heavy atom. The van der Waals surface area contributed by atoms with Crippen molar-refractivity contribution in [2.75, 3.05) is 0 Å². The first-order chi connectivity index (χ1) is 10.4. The van der Waals surface area contributed by atoms with Crippen LogP contribution in [0.3, 0.4) is 0 Å². The highest BCUT2D eigenvalue weighted by atomic mass is 28.3. The van der Waals surface area contributed by atoms with Crippen LogP contribution in [0.25, 0.3) is 0 Å². The van der Waals surface area contributed by atoms with Gasteiger partial charge in [-0.15, -0.1) is 5.54 Å². The van der Waals surface area contributed by atoms with Crippen LogP contribution in [0.1, 0.15) is 75.2 Å². The molecule has 2 fully saturated rings. The van der Waals surface area contributed by atoms with Crippen molar-refractivity contribution in [3.63, 3.8) is 0 Å². The Kier molecular flexibility index (Phi) is 4.57. The van der Waals surface area contributed by atoms with Crippen LogP contribution in [0, 0.1) is 22.9 Å². The lowest BCUT2D eigenvalue weighted by molar-refractivity contribution is -0.132. The van der Waals surface area contributed by atoms with Gasteiger partial charge < -0.3 is 0 Å². The number of carbonyl (C=O) groups is 1. The molecule has 0 aromatic heterocycles. The van der Waals surface area contributed by atoms with Gasteiger partial charge in [0.05, 0.1) is 5.54 Å². The molecule has 0 unspecified atom stereocenters. The maximum absolute atomic E-state index is 12.9. The molecule has 2 aliphatic rings. The molecule has 0 N–H and O–H groups in total. The van der Waals surface area contributed by atoms with Gasteiger partial charge in [0.15, 0.2) is 0 Å².